The predicted octanol–water partition coefficient (Wildman–Crippen LogP) is 1.89. The molecule has 0 fully saturated rings. The van der Waals surface area contributed by atoms with Crippen molar-refractivity contribution < 1.29 is 24.5 Å². The fraction of sp³-hybridized carbons (Fsp3) is 0.222. The van der Waals surface area contributed by atoms with Gasteiger partial charge in [-0.3, -0.25) is 14.9 Å². The van der Waals surface area contributed by atoms with Gasteiger partial charge in [0, 0.05) is 19.0 Å². The van der Waals surface area contributed by atoms with E-state index in [0.717, 1.165) is 0 Å². The Labute approximate surface area is 139 Å². The number of hydrogen-bond acceptors (Lipinski definition) is 5. The number of aliphatic hydroxyl groups excluding tert-OH is 1. The minimum Gasteiger partial charge on any atom is -0.480 e. The number of ether oxygens (including phenoxy) is 1. The van der Waals surface area contributed by atoms with Crippen molar-refractivity contribution in [3.05, 3.63) is 65.7 Å². The molecule has 0 saturated carbocycles. The summed E-state index contributed by atoms with van der Waals surface area (Å²) in [5.41, 5.74) is 1.13. The zero-order valence-corrected chi connectivity index (χ0v) is 13.2. The largest absolute Gasteiger partial charge is 0.480 e. The van der Waals surface area contributed by atoms with Crippen molar-refractivity contribution in [2.45, 2.75) is 25.6 Å². The number of benzene rings is 2. The molecule has 24 heavy (non-hydrogen) atoms. The van der Waals surface area contributed by atoms with Gasteiger partial charge in [-0.2, -0.15) is 0 Å². The van der Waals surface area contributed by atoms with Crippen molar-refractivity contribution in [3.63, 3.8) is 0 Å². The molecule has 0 aliphatic heterocycles. The van der Waals surface area contributed by atoms with Gasteiger partial charge in [0.15, 0.2) is 0 Å². The summed E-state index contributed by atoms with van der Waals surface area (Å²) in [6, 6.07) is 14.2. The first-order valence-corrected chi connectivity index (χ1v) is 7.44. The minimum atomic E-state index is -1.20. The summed E-state index contributed by atoms with van der Waals surface area (Å²) in [5, 5.41) is 22.5. The van der Waals surface area contributed by atoms with Crippen LogP contribution in [0.25, 0.3) is 0 Å². The SMILES string of the molecule is CC(=O)Oc1ccccc1CNC(C(=O)O)C(O)c1ccccc1. The highest BCUT2D eigenvalue weighted by Crippen LogP contribution is 2.20. The second-order valence-corrected chi connectivity index (χ2v) is 5.25. The summed E-state index contributed by atoms with van der Waals surface area (Å²) in [6.45, 7) is 1.42. The van der Waals surface area contributed by atoms with Crippen LogP contribution >= 0.6 is 0 Å². The lowest BCUT2D eigenvalue weighted by Crippen LogP contribution is -2.41. The highest BCUT2D eigenvalue weighted by molar-refractivity contribution is 5.74. The van der Waals surface area contributed by atoms with E-state index in [1.807, 2.05) is 0 Å². The molecule has 2 rings (SSSR count). The Balaban J connectivity index is 2.13. The van der Waals surface area contributed by atoms with E-state index in [0.29, 0.717) is 16.9 Å². The molecular formula is C18H19NO5. The molecule has 0 radical (unpaired) electrons. The highest BCUT2D eigenvalue weighted by Gasteiger charge is 2.27. The second-order valence-electron chi connectivity index (χ2n) is 5.25. The Hall–Kier alpha value is -2.70. The normalized spacial score (nSPS) is 13.1. The summed E-state index contributed by atoms with van der Waals surface area (Å²) >= 11 is 0. The maximum atomic E-state index is 11.5. The topological polar surface area (TPSA) is 95.9 Å². The number of aliphatic hydroxyl groups is 1. The van der Waals surface area contributed by atoms with Crippen LogP contribution in [0.15, 0.2) is 54.6 Å². The zero-order valence-electron chi connectivity index (χ0n) is 13.2. The van der Waals surface area contributed by atoms with Gasteiger partial charge in [0.05, 0.1) is 0 Å². The predicted molar refractivity (Wildman–Crippen MR) is 87.4 cm³/mol. The van der Waals surface area contributed by atoms with Gasteiger partial charge in [-0.25, -0.2) is 0 Å². The molecule has 2 unspecified atom stereocenters. The molecule has 126 valence electrons. The lowest BCUT2D eigenvalue weighted by molar-refractivity contribution is -0.142. The maximum Gasteiger partial charge on any atom is 0.323 e. The number of hydrogen-bond donors (Lipinski definition) is 3. The molecule has 2 aromatic carbocycles. The molecule has 0 amide bonds. The minimum absolute atomic E-state index is 0.129. The van der Waals surface area contributed by atoms with Crippen molar-refractivity contribution >= 4 is 11.9 Å². The Morgan fingerprint density at radius 2 is 1.71 bits per heavy atom. The molecular weight excluding hydrogens is 310 g/mol. The number of para-hydroxylation sites is 1. The van der Waals surface area contributed by atoms with E-state index >= 15 is 0 Å². The molecule has 0 aromatic heterocycles. The van der Waals surface area contributed by atoms with Gasteiger partial charge in [0.1, 0.15) is 17.9 Å². The average Bonchev–Trinajstić information content (AvgIpc) is 2.56. The fourth-order valence-corrected chi connectivity index (χ4v) is 2.30. The molecule has 0 aliphatic rings. The third kappa shape index (κ3) is 4.65. The number of esters is 1. The molecule has 0 bridgehead atoms. The van der Waals surface area contributed by atoms with Crippen LogP contribution in [0.2, 0.25) is 0 Å². The van der Waals surface area contributed by atoms with Crippen LogP contribution in [0.5, 0.6) is 5.75 Å². The van der Waals surface area contributed by atoms with Crippen LogP contribution in [0.3, 0.4) is 0 Å². The first kappa shape index (κ1) is 17.7. The second kappa shape index (κ2) is 8.24. The van der Waals surface area contributed by atoms with Crippen LogP contribution < -0.4 is 10.1 Å². The average molecular weight is 329 g/mol. The molecule has 0 heterocycles. The van der Waals surface area contributed by atoms with Crippen LogP contribution in [0, 0.1) is 0 Å². The van der Waals surface area contributed by atoms with E-state index in [4.69, 9.17) is 4.74 Å². The first-order chi connectivity index (χ1) is 11.5. The molecule has 6 heteroatoms. The van der Waals surface area contributed by atoms with E-state index in [1.54, 1.807) is 54.6 Å². The Morgan fingerprint density at radius 3 is 2.33 bits per heavy atom. The van der Waals surface area contributed by atoms with Crippen LogP contribution in [0.4, 0.5) is 0 Å². The number of carbonyl (C=O) groups excluding carboxylic acids is 1. The van der Waals surface area contributed by atoms with E-state index in [9.17, 15) is 19.8 Å². The van der Waals surface area contributed by atoms with Gasteiger partial charge in [0.2, 0.25) is 0 Å². The maximum absolute atomic E-state index is 11.5. The number of carboxylic acids is 1. The Kier molecular flexibility index (Phi) is 6.06. The van der Waals surface area contributed by atoms with Gasteiger partial charge in [-0.1, -0.05) is 48.5 Å². The number of aliphatic carboxylic acids is 1. The fourth-order valence-electron chi connectivity index (χ4n) is 2.30. The van der Waals surface area contributed by atoms with Crippen molar-refractivity contribution in [3.8, 4) is 5.75 Å². The van der Waals surface area contributed by atoms with E-state index in [-0.39, 0.29) is 6.54 Å². The van der Waals surface area contributed by atoms with Gasteiger partial charge in [-0.05, 0) is 11.6 Å². The number of carbonyl (C=O) groups is 2. The summed E-state index contributed by atoms with van der Waals surface area (Å²) in [4.78, 5) is 22.6. The number of carboxylic acid groups (broad SMARTS) is 1. The van der Waals surface area contributed by atoms with Gasteiger partial charge >= 0.3 is 11.9 Å². The zero-order chi connectivity index (χ0) is 17.5. The van der Waals surface area contributed by atoms with E-state index < -0.39 is 24.1 Å². The molecule has 2 atom stereocenters. The first-order valence-electron chi connectivity index (χ1n) is 7.44. The summed E-state index contributed by atoms with van der Waals surface area (Å²) < 4.78 is 5.09. The molecule has 3 N–H and O–H groups in total. The Morgan fingerprint density at radius 1 is 1.08 bits per heavy atom. The highest BCUT2D eigenvalue weighted by atomic mass is 16.5. The molecule has 6 nitrogen and oxygen atoms in total. The lowest BCUT2D eigenvalue weighted by atomic mass is 10.0. The van der Waals surface area contributed by atoms with Crippen molar-refractivity contribution in [1.29, 1.82) is 0 Å². The quantitative estimate of drug-likeness (QED) is 0.530. The third-order valence-corrected chi connectivity index (χ3v) is 3.46. The standard InChI is InChI=1S/C18H19NO5/c1-12(20)24-15-10-6-5-9-14(15)11-19-16(18(22)23)17(21)13-7-3-2-4-8-13/h2-10,16-17,19,21H,11H2,1H3,(H,22,23). The number of rotatable bonds is 7. The van der Waals surface area contributed by atoms with Gasteiger partial charge in [-0.15, -0.1) is 0 Å². The van der Waals surface area contributed by atoms with Crippen LogP contribution in [0.1, 0.15) is 24.2 Å². The molecule has 0 saturated heterocycles. The van der Waals surface area contributed by atoms with Crippen molar-refractivity contribution in [2.24, 2.45) is 0 Å². The summed E-state index contributed by atoms with van der Waals surface area (Å²) in [5.74, 6) is -1.27. The lowest BCUT2D eigenvalue weighted by Gasteiger charge is -2.21. The molecule has 2 aromatic rings. The van der Waals surface area contributed by atoms with Crippen molar-refractivity contribution in [2.75, 3.05) is 0 Å². The smallest absolute Gasteiger partial charge is 0.323 e. The van der Waals surface area contributed by atoms with Crippen LogP contribution in [-0.4, -0.2) is 28.2 Å². The number of nitrogens with one attached hydrogen (secondary N) is 1. The Bertz CT molecular complexity index is 702. The summed E-state index contributed by atoms with van der Waals surface area (Å²) in [6.07, 6.45) is -1.20. The van der Waals surface area contributed by atoms with E-state index in [2.05, 4.69) is 5.32 Å². The van der Waals surface area contributed by atoms with Gasteiger partial charge < -0.3 is 14.9 Å². The van der Waals surface area contributed by atoms with E-state index in [1.165, 1.54) is 6.92 Å². The monoisotopic (exact) mass is 329 g/mol. The summed E-state index contributed by atoms with van der Waals surface area (Å²) in [7, 11) is 0. The van der Waals surface area contributed by atoms with Gasteiger partial charge in [0.25, 0.3) is 0 Å². The van der Waals surface area contributed by atoms with Crippen molar-refractivity contribution in [1.82, 2.24) is 5.32 Å². The third-order valence-electron chi connectivity index (χ3n) is 3.46. The van der Waals surface area contributed by atoms with Crippen LogP contribution in [-0.2, 0) is 16.1 Å². The molecule has 0 aliphatic carbocycles. The molecule has 0 spiro atoms.